The van der Waals surface area contributed by atoms with Gasteiger partial charge in [-0.05, 0) is 50.3 Å². The highest BCUT2D eigenvalue weighted by Gasteiger charge is 2.21. The largest absolute Gasteiger partial charge is 0.481 e. The Bertz CT molecular complexity index is 1850. The lowest BCUT2D eigenvalue weighted by atomic mass is 9.96. The van der Waals surface area contributed by atoms with Gasteiger partial charge in [-0.1, -0.05) is 71.7 Å². The molecule has 1 aliphatic heterocycles. The first-order valence-corrected chi connectivity index (χ1v) is 15.9. The number of methoxy groups -OCH3 is 1. The first kappa shape index (κ1) is 31.1. The summed E-state index contributed by atoms with van der Waals surface area (Å²) in [4.78, 5) is 18.5. The average Bonchev–Trinajstić information content (AvgIpc) is 3.65. The van der Waals surface area contributed by atoms with Gasteiger partial charge in [-0.3, -0.25) is 4.79 Å². The Labute approximate surface area is 274 Å². The van der Waals surface area contributed by atoms with Crippen LogP contribution in [0.5, 0.6) is 5.88 Å². The molecule has 3 heterocycles. The second-order valence-corrected chi connectivity index (χ2v) is 12.5. The van der Waals surface area contributed by atoms with E-state index in [1.54, 1.807) is 7.11 Å². The molecule has 232 valence electrons. The summed E-state index contributed by atoms with van der Waals surface area (Å²) in [7, 11) is 5.79. The van der Waals surface area contributed by atoms with Gasteiger partial charge in [-0.2, -0.15) is 0 Å². The van der Waals surface area contributed by atoms with Crippen LogP contribution in [0.25, 0.3) is 44.4 Å². The lowest BCUT2D eigenvalue weighted by Gasteiger charge is -2.16. The minimum Gasteiger partial charge on any atom is -0.481 e. The van der Waals surface area contributed by atoms with Crippen molar-refractivity contribution in [1.29, 1.82) is 0 Å². The van der Waals surface area contributed by atoms with Crippen molar-refractivity contribution >= 4 is 40.0 Å². The highest BCUT2D eigenvalue weighted by Crippen LogP contribution is 2.42. The van der Waals surface area contributed by atoms with Crippen LogP contribution < -0.4 is 15.4 Å². The third kappa shape index (κ3) is 6.72. The molecule has 6 rings (SSSR count). The van der Waals surface area contributed by atoms with Crippen LogP contribution in [0.15, 0.2) is 79.0 Å². The molecule has 0 aliphatic carbocycles. The molecule has 0 bridgehead atoms. The van der Waals surface area contributed by atoms with Crippen LogP contribution in [0, 0.1) is 0 Å². The van der Waals surface area contributed by atoms with Crippen LogP contribution in [0.2, 0.25) is 10.0 Å². The molecular formula is C36H37Cl2N5O2. The highest BCUT2D eigenvalue weighted by molar-refractivity contribution is 6.39. The normalized spacial score (nSPS) is 14.8. The number of benzene rings is 3. The van der Waals surface area contributed by atoms with Gasteiger partial charge in [0.2, 0.25) is 11.8 Å². The van der Waals surface area contributed by atoms with E-state index in [1.165, 1.54) is 10.9 Å². The number of nitrogens with zero attached hydrogens (tertiary/aromatic N) is 3. The van der Waals surface area contributed by atoms with E-state index in [1.807, 2.05) is 48.5 Å². The number of carbonyl (C=O) groups is 1. The van der Waals surface area contributed by atoms with E-state index in [2.05, 4.69) is 64.7 Å². The van der Waals surface area contributed by atoms with Crippen molar-refractivity contribution in [1.82, 2.24) is 25.1 Å². The molecule has 7 nitrogen and oxygen atoms in total. The molecule has 45 heavy (non-hydrogen) atoms. The number of pyridine rings is 1. The van der Waals surface area contributed by atoms with Gasteiger partial charge in [0, 0.05) is 83.6 Å². The zero-order valence-corrected chi connectivity index (χ0v) is 27.3. The summed E-state index contributed by atoms with van der Waals surface area (Å²) in [6.07, 6.45) is 3.58. The van der Waals surface area contributed by atoms with Crippen molar-refractivity contribution in [3.63, 3.8) is 0 Å². The van der Waals surface area contributed by atoms with Crippen LogP contribution >= 0.6 is 23.2 Å². The second-order valence-electron chi connectivity index (χ2n) is 11.7. The number of ether oxygens (including phenoxy) is 1. The predicted molar refractivity (Wildman–Crippen MR) is 184 cm³/mol. The van der Waals surface area contributed by atoms with E-state index in [9.17, 15) is 4.79 Å². The van der Waals surface area contributed by atoms with E-state index in [0.717, 1.165) is 52.9 Å². The Kier molecular flexibility index (Phi) is 9.42. The van der Waals surface area contributed by atoms with Gasteiger partial charge in [0.05, 0.1) is 22.8 Å². The molecule has 1 fully saturated rings. The summed E-state index contributed by atoms with van der Waals surface area (Å²) >= 11 is 14.2. The van der Waals surface area contributed by atoms with Crippen LogP contribution in [0.4, 0.5) is 0 Å². The number of nitrogens with one attached hydrogen (secondary N) is 2. The van der Waals surface area contributed by atoms with Crippen LogP contribution in [-0.4, -0.2) is 60.7 Å². The van der Waals surface area contributed by atoms with E-state index in [4.69, 9.17) is 32.9 Å². The predicted octanol–water partition coefficient (Wildman–Crippen LogP) is 7.28. The number of halogens is 2. The number of hydrogen-bond acceptors (Lipinski definition) is 5. The zero-order chi connectivity index (χ0) is 31.5. The van der Waals surface area contributed by atoms with Crippen LogP contribution in [0.1, 0.15) is 18.4 Å². The third-order valence-corrected chi connectivity index (χ3v) is 9.17. The molecule has 2 N–H and O–H groups in total. The minimum absolute atomic E-state index is 0.112. The lowest BCUT2D eigenvalue weighted by Crippen LogP contribution is -2.35. The summed E-state index contributed by atoms with van der Waals surface area (Å²) in [6, 6.07) is 24.8. The van der Waals surface area contributed by atoms with Crippen LogP contribution in [-0.2, 0) is 17.9 Å². The Hall–Kier alpha value is -3.88. The Morgan fingerprint density at radius 3 is 2.42 bits per heavy atom. The van der Waals surface area contributed by atoms with E-state index >= 15 is 0 Å². The number of rotatable bonds is 11. The molecule has 5 aromatic rings. The number of carbonyl (C=O) groups excluding carboxylic acids is 1. The number of aromatic nitrogens is 2. The molecule has 1 amide bonds. The van der Waals surface area contributed by atoms with Gasteiger partial charge in [0.15, 0.2) is 0 Å². The molecule has 9 heteroatoms. The van der Waals surface area contributed by atoms with Gasteiger partial charge in [0.1, 0.15) is 0 Å². The Balaban J connectivity index is 1.26. The van der Waals surface area contributed by atoms with Gasteiger partial charge < -0.3 is 24.8 Å². The van der Waals surface area contributed by atoms with Crippen molar-refractivity contribution in [2.45, 2.75) is 32.0 Å². The summed E-state index contributed by atoms with van der Waals surface area (Å²) in [5.74, 6) is 0.642. The standard InChI is InChI=1S/C36H37Cl2N5O2/c1-42(2)18-19-43-17-16-24-20-23(11-14-32(24)43)27-6-4-7-28(34(27)37)29-8-5-9-30(35(29)38)31-13-10-25(36(41-31)45-3)21-39-22-26-12-15-33(44)40-26/h4-11,13-14,16-17,20,26,39H,12,15,18-19,21-22H2,1-3H3,(H,40,44)/t26-/m0/s1. The van der Waals surface area contributed by atoms with Crippen molar-refractivity contribution in [3.05, 3.63) is 94.6 Å². The van der Waals surface area contributed by atoms with E-state index in [-0.39, 0.29) is 11.9 Å². The highest BCUT2D eigenvalue weighted by atomic mass is 35.5. The smallest absolute Gasteiger partial charge is 0.220 e. The summed E-state index contributed by atoms with van der Waals surface area (Å²) < 4.78 is 7.94. The first-order chi connectivity index (χ1) is 21.8. The second kappa shape index (κ2) is 13.6. The molecular weight excluding hydrogens is 605 g/mol. The SMILES string of the molecule is COc1nc(-c2cccc(-c3cccc(-c4ccc5c(ccn5CCN(C)C)c4)c3Cl)c2Cl)ccc1CNC[C@@H]1CCC(=O)N1. The van der Waals surface area contributed by atoms with Gasteiger partial charge in [-0.15, -0.1) is 0 Å². The third-order valence-electron chi connectivity index (χ3n) is 8.36. The summed E-state index contributed by atoms with van der Waals surface area (Å²) in [5, 5.41) is 8.78. The van der Waals surface area contributed by atoms with Gasteiger partial charge in [-0.25, -0.2) is 4.98 Å². The van der Waals surface area contributed by atoms with Gasteiger partial charge in [0.25, 0.3) is 0 Å². The van der Waals surface area contributed by atoms with Crippen LogP contribution in [0.3, 0.4) is 0 Å². The number of likely N-dealkylation sites (N-methyl/N-ethyl adjacent to an activating group) is 1. The maximum atomic E-state index is 11.5. The fraction of sp³-hybridized carbons (Fsp3) is 0.278. The summed E-state index contributed by atoms with van der Waals surface area (Å²) in [6.45, 7) is 3.18. The van der Waals surface area contributed by atoms with Crippen molar-refractivity contribution in [2.24, 2.45) is 0 Å². The molecule has 1 atom stereocenters. The van der Waals surface area contributed by atoms with E-state index < -0.39 is 0 Å². The van der Waals surface area contributed by atoms with Crippen molar-refractivity contribution in [2.75, 3.05) is 34.3 Å². The lowest BCUT2D eigenvalue weighted by molar-refractivity contribution is -0.119. The van der Waals surface area contributed by atoms with E-state index in [0.29, 0.717) is 41.1 Å². The molecule has 0 unspecified atom stereocenters. The topological polar surface area (TPSA) is 71.4 Å². The monoisotopic (exact) mass is 641 g/mol. The first-order valence-electron chi connectivity index (χ1n) is 15.2. The average molecular weight is 643 g/mol. The minimum atomic E-state index is 0.112. The fourth-order valence-corrected chi connectivity index (χ4v) is 6.57. The molecule has 2 aromatic heterocycles. The molecule has 0 saturated carbocycles. The molecule has 1 aliphatic rings. The maximum Gasteiger partial charge on any atom is 0.220 e. The molecule has 1 saturated heterocycles. The number of amides is 1. The fourth-order valence-electron chi connectivity index (χ4n) is 5.91. The zero-order valence-electron chi connectivity index (χ0n) is 25.7. The molecule has 0 radical (unpaired) electrons. The summed E-state index contributed by atoms with van der Waals surface area (Å²) in [5.41, 5.74) is 7.34. The quantitative estimate of drug-likeness (QED) is 0.159. The van der Waals surface area contributed by atoms with Crippen molar-refractivity contribution in [3.8, 4) is 39.4 Å². The van der Waals surface area contributed by atoms with Crippen molar-refractivity contribution < 1.29 is 9.53 Å². The Morgan fingerprint density at radius 1 is 0.978 bits per heavy atom. The number of hydrogen-bond donors (Lipinski definition) is 2. The Morgan fingerprint density at radius 2 is 1.71 bits per heavy atom. The van der Waals surface area contributed by atoms with Gasteiger partial charge >= 0.3 is 0 Å². The number of fused-ring (bicyclic) bond motifs is 1. The molecule has 0 spiro atoms. The molecule has 3 aromatic carbocycles. The maximum absolute atomic E-state index is 11.5.